The van der Waals surface area contributed by atoms with Gasteiger partial charge in [-0.3, -0.25) is 0 Å². The van der Waals surface area contributed by atoms with E-state index < -0.39 is 38.8 Å². The van der Waals surface area contributed by atoms with Crippen LogP contribution in [0.2, 0.25) is 0 Å². The van der Waals surface area contributed by atoms with Crippen LogP contribution in [0.25, 0.3) is 0 Å². The molecule has 0 radical (unpaired) electrons. The number of hydrogen-bond acceptors (Lipinski definition) is 3. The van der Waals surface area contributed by atoms with Gasteiger partial charge in [0, 0.05) is 11.0 Å². The molecule has 2 aromatic carbocycles. The molecular formula is C16H12BrF6NO3S. The number of alkyl halides is 6. The molecule has 2 rings (SSSR count). The average molecular weight is 492 g/mol. The van der Waals surface area contributed by atoms with Crippen molar-refractivity contribution in [3.05, 3.63) is 58.1 Å². The summed E-state index contributed by atoms with van der Waals surface area (Å²) >= 11 is 2.92. The Morgan fingerprint density at radius 1 is 1.00 bits per heavy atom. The van der Waals surface area contributed by atoms with Crippen LogP contribution in [0.1, 0.15) is 11.1 Å². The molecule has 0 aromatic heterocycles. The molecule has 0 fully saturated rings. The first-order chi connectivity index (χ1) is 12.8. The molecule has 0 saturated heterocycles. The Morgan fingerprint density at radius 2 is 1.68 bits per heavy atom. The minimum Gasteiger partial charge on any atom is -0.404 e. The van der Waals surface area contributed by atoms with Gasteiger partial charge in [-0.2, -0.15) is 13.2 Å². The maximum atomic E-state index is 12.7. The van der Waals surface area contributed by atoms with Gasteiger partial charge in [-0.05, 0) is 36.2 Å². The Bertz CT molecular complexity index is 944. The van der Waals surface area contributed by atoms with Gasteiger partial charge >= 0.3 is 12.5 Å². The van der Waals surface area contributed by atoms with E-state index in [4.69, 9.17) is 0 Å². The second kappa shape index (κ2) is 8.29. The third-order valence-electron chi connectivity index (χ3n) is 3.38. The highest BCUT2D eigenvalue weighted by atomic mass is 79.9. The zero-order valence-corrected chi connectivity index (χ0v) is 16.1. The second-order valence-corrected chi connectivity index (χ2v) is 8.14. The van der Waals surface area contributed by atoms with E-state index in [1.54, 1.807) is 0 Å². The number of benzene rings is 2. The Morgan fingerprint density at radius 3 is 2.29 bits per heavy atom. The number of hydrogen-bond donors (Lipinski definition) is 1. The largest absolute Gasteiger partial charge is 0.573 e. The quantitative estimate of drug-likeness (QED) is 0.585. The predicted molar refractivity (Wildman–Crippen MR) is 91.2 cm³/mol. The highest BCUT2D eigenvalue weighted by Gasteiger charge is 2.34. The van der Waals surface area contributed by atoms with Gasteiger partial charge in [0.15, 0.2) is 5.75 Å². The third kappa shape index (κ3) is 6.38. The molecule has 0 atom stereocenters. The standard InChI is InChI=1S/C16H12BrF6NO3S/c17-12-4-5-14(13(9-12)27-16(21,22)23)28(25,26)24-7-6-10-2-1-3-11(8-10)15(18,19)20/h1-5,8-9,24H,6-7H2. The van der Waals surface area contributed by atoms with Gasteiger partial charge in [-0.15, -0.1) is 13.2 Å². The van der Waals surface area contributed by atoms with Crippen molar-refractivity contribution in [2.24, 2.45) is 0 Å². The fraction of sp³-hybridized carbons (Fsp3) is 0.250. The zero-order chi connectivity index (χ0) is 21.2. The summed E-state index contributed by atoms with van der Waals surface area (Å²) in [5, 5.41) is 0. The van der Waals surface area contributed by atoms with Crippen LogP contribution in [0.5, 0.6) is 5.75 Å². The fourth-order valence-corrected chi connectivity index (χ4v) is 3.70. The smallest absolute Gasteiger partial charge is 0.404 e. The summed E-state index contributed by atoms with van der Waals surface area (Å²) in [6, 6.07) is 7.26. The summed E-state index contributed by atoms with van der Waals surface area (Å²) in [7, 11) is -4.41. The molecule has 1 N–H and O–H groups in total. The van der Waals surface area contributed by atoms with Gasteiger partial charge in [0.1, 0.15) is 4.90 Å². The average Bonchev–Trinajstić information content (AvgIpc) is 2.52. The molecule has 0 aliphatic carbocycles. The first-order valence-electron chi connectivity index (χ1n) is 7.49. The van der Waals surface area contributed by atoms with Gasteiger partial charge in [0.25, 0.3) is 0 Å². The summed E-state index contributed by atoms with van der Waals surface area (Å²) in [5.41, 5.74) is -0.679. The second-order valence-electron chi connectivity index (χ2n) is 5.48. The number of nitrogens with one attached hydrogen (secondary N) is 1. The van der Waals surface area contributed by atoms with E-state index in [-0.39, 0.29) is 23.0 Å². The number of sulfonamides is 1. The molecule has 2 aromatic rings. The molecule has 0 saturated carbocycles. The van der Waals surface area contributed by atoms with Crippen molar-refractivity contribution in [1.29, 1.82) is 0 Å². The molecule has 0 heterocycles. The Balaban J connectivity index is 2.15. The van der Waals surface area contributed by atoms with Crippen molar-refractivity contribution in [2.75, 3.05) is 6.54 Å². The summed E-state index contributed by atoms with van der Waals surface area (Å²) in [4.78, 5) is -0.753. The van der Waals surface area contributed by atoms with E-state index in [0.29, 0.717) is 0 Å². The monoisotopic (exact) mass is 491 g/mol. The summed E-state index contributed by atoms with van der Waals surface area (Å²) in [6.45, 7) is -0.328. The van der Waals surface area contributed by atoms with Crippen molar-refractivity contribution in [3.63, 3.8) is 0 Å². The van der Waals surface area contributed by atoms with Crippen LogP contribution < -0.4 is 9.46 Å². The molecule has 0 spiro atoms. The third-order valence-corrected chi connectivity index (χ3v) is 5.37. The fourth-order valence-electron chi connectivity index (χ4n) is 2.22. The minimum atomic E-state index is -5.11. The van der Waals surface area contributed by atoms with Crippen molar-refractivity contribution in [1.82, 2.24) is 4.72 Å². The number of rotatable bonds is 6. The van der Waals surface area contributed by atoms with Gasteiger partial charge in [-0.25, -0.2) is 13.1 Å². The number of ether oxygens (including phenoxy) is 1. The maximum absolute atomic E-state index is 12.7. The molecule has 0 aliphatic heterocycles. The Labute approximate surface area is 164 Å². The van der Waals surface area contributed by atoms with Crippen LogP contribution in [-0.2, 0) is 22.6 Å². The van der Waals surface area contributed by atoms with Gasteiger partial charge in [0.05, 0.1) is 5.56 Å². The summed E-state index contributed by atoms with van der Waals surface area (Å²) in [5.74, 6) is -0.937. The van der Waals surface area contributed by atoms with Crippen molar-refractivity contribution in [3.8, 4) is 5.75 Å². The van der Waals surface area contributed by atoms with E-state index >= 15 is 0 Å². The molecular weight excluding hydrogens is 480 g/mol. The lowest BCUT2D eigenvalue weighted by Gasteiger charge is -2.14. The van der Waals surface area contributed by atoms with Crippen LogP contribution in [0.4, 0.5) is 26.3 Å². The lowest BCUT2D eigenvalue weighted by atomic mass is 10.1. The predicted octanol–water partition coefficient (Wildman–Crippen LogP) is 4.89. The molecule has 12 heteroatoms. The molecule has 4 nitrogen and oxygen atoms in total. The molecule has 0 amide bonds. The Hall–Kier alpha value is -1.79. The van der Waals surface area contributed by atoms with Crippen LogP contribution in [-0.4, -0.2) is 21.3 Å². The first-order valence-corrected chi connectivity index (χ1v) is 9.77. The van der Waals surface area contributed by atoms with Gasteiger partial charge in [0.2, 0.25) is 10.0 Å². The van der Waals surface area contributed by atoms with Crippen LogP contribution >= 0.6 is 15.9 Å². The van der Waals surface area contributed by atoms with E-state index in [1.165, 1.54) is 18.2 Å². The molecule has 0 aliphatic rings. The van der Waals surface area contributed by atoms with E-state index in [0.717, 1.165) is 24.3 Å². The van der Waals surface area contributed by atoms with E-state index in [2.05, 4.69) is 25.4 Å². The molecule has 154 valence electrons. The SMILES string of the molecule is O=S(=O)(NCCc1cccc(C(F)(F)F)c1)c1ccc(Br)cc1OC(F)(F)F. The molecule has 0 bridgehead atoms. The normalized spacial score (nSPS) is 12.8. The minimum absolute atomic E-state index is 0.102. The zero-order valence-electron chi connectivity index (χ0n) is 13.7. The van der Waals surface area contributed by atoms with E-state index in [9.17, 15) is 34.8 Å². The highest BCUT2D eigenvalue weighted by molar-refractivity contribution is 9.10. The number of halogens is 7. The lowest BCUT2D eigenvalue weighted by Crippen LogP contribution is -2.27. The Kier molecular flexibility index (Phi) is 6.66. The summed E-state index contributed by atoms with van der Waals surface area (Å²) < 4.78 is 106. The van der Waals surface area contributed by atoms with Gasteiger partial charge in [-0.1, -0.05) is 34.1 Å². The van der Waals surface area contributed by atoms with E-state index in [1.807, 2.05) is 0 Å². The molecule has 0 unspecified atom stereocenters. The maximum Gasteiger partial charge on any atom is 0.573 e. The molecule has 28 heavy (non-hydrogen) atoms. The topological polar surface area (TPSA) is 55.4 Å². The highest BCUT2D eigenvalue weighted by Crippen LogP contribution is 2.32. The lowest BCUT2D eigenvalue weighted by molar-refractivity contribution is -0.275. The van der Waals surface area contributed by atoms with Crippen molar-refractivity contribution >= 4 is 26.0 Å². The van der Waals surface area contributed by atoms with Crippen molar-refractivity contribution in [2.45, 2.75) is 23.9 Å². The van der Waals surface area contributed by atoms with Crippen molar-refractivity contribution < 1.29 is 39.5 Å². The summed E-state index contributed by atoms with van der Waals surface area (Å²) in [6.07, 6.45) is -9.75. The van der Waals surface area contributed by atoms with Crippen LogP contribution in [0.15, 0.2) is 51.8 Å². The first kappa shape index (κ1) is 22.5. The van der Waals surface area contributed by atoms with Gasteiger partial charge < -0.3 is 4.74 Å². The van der Waals surface area contributed by atoms with Crippen LogP contribution in [0, 0.1) is 0 Å². The van der Waals surface area contributed by atoms with Crippen LogP contribution in [0.3, 0.4) is 0 Å².